The van der Waals surface area contributed by atoms with Crippen LogP contribution < -0.4 is 0 Å². The summed E-state index contributed by atoms with van der Waals surface area (Å²) in [5, 5.41) is 0. The minimum atomic E-state index is -4.62. The molecule has 1 fully saturated rings. The summed E-state index contributed by atoms with van der Waals surface area (Å²) in [5.41, 5.74) is 3.14. The van der Waals surface area contributed by atoms with Crippen LogP contribution in [-0.4, -0.2) is 41.6 Å². The normalized spacial score (nSPS) is 17.7. The fourth-order valence-electron chi connectivity index (χ4n) is 4.07. The molecule has 2 rings (SSSR count). The highest BCUT2D eigenvalue weighted by molar-refractivity contribution is 6.08. The molecule has 168 valence electrons. The minimum Gasteiger partial charge on any atom is -0.342 e. The van der Waals surface area contributed by atoms with Crippen LogP contribution in [0.1, 0.15) is 67.7 Å². The molecule has 1 saturated heterocycles. The van der Waals surface area contributed by atoms with E-state index >= 15 is 0 Å². The van der Waals surface area contributed by atoms with E-state index in [2.05, 4.69) is 11.8 Å². The SMILES string of the molecule is CC#Cc1cc(C)c(C2C(=O)CCCN(C(=O)C(C)C(F)(F)F)CCCC2=O)c(C)c1. The topological polar surface area (TPSA) is 54.5 Å². The Morgan fingerprint density at radius 1 is 1.06 bits per heavy atom. The van der Waals surface area contributed by atoms with Crippen molar-refractivity contribution in [2.45, 2.75) is 65.5 Å². The second-order valence-electron chi connectivity index (χ2n) is 8.06. The first-order valence-corrected chi connectivity index (χ1v) is 10.4. The Kier molecular flexibility index (Phi) is 8.05. The maximum Gasteiger partial charge on any atom is 0.400 e. The lowest BCUT2D eigenvalue weighted by Crippen LogP contribution is -2.42. The third-order valence-corrected chi connectivity index (χ3v) is 5.67. The highest BCUT2D eigenvalue weighted by Gasteiger charge is 2.43. The number of rotatable bonds is 2. The zero-order chi connectivity index (χ0) is 23.3. The molecule has 1 heterocycles. The van der Waals surface area contributed by atoms with Crippen LogP contribution in [-0.2, 0) is 14.4 Å². The Bertz CT molecular complexity index is 879. The van der Waals surface area contributed by atoms with Crippen molar-refractivity contribution >= 4 is 17.5 Å². The number of amides is 1. The van der Waals surface area contributed by atoms with Gasteiger partial charge in [0.15, 0.2) is 0 Å². The second-order valence-corrected chi connectivity index (χ2v) is 8.06. The van der Waals surface area contributed by atoms with Gasteiger partial charge in [0.1, 0.15) is 23.4 Å². The molecular formula is C24H28F3NO3. The van der Waals surface area contributed by atoms with E-state index in [1.807, 2.05) is 26.0 Å². The summed E-state index contributed by atoms with van der Waals surface area (Å²) in [6.07, 6.45) is -4.13. The molecule has 1 aromatic carbocycles. The first-order chi connectivity index (χ1) is 14.5. The first kappa shape index (κ1) is 24.6. The van der Waals surface area contributed by atoms with Crippen LogP contribution in [0.3, 0.4) is 0 Å². The maximum atomic E-state index is 13.0. The summed E-state index contributed by atoms with van der Waals surface area (Å²) in [4.78, 5) is 39.4. The molecular weight excluding hydrogens is 407 g/mol. The van der Waals surface area contributed by atoms with E-state index in [1.165, 1.54) is 0 Å². The lowest BCUT2D eigenvalue weighted by molar-refractivity contribution is -0.185. The van der Waals surface area contributed by atoms with Crippen LogP contribution in [0.25, 0.3) is 0 Å². The maximum absolute atomic E-state index is 13.0. The van der Waals surface area contributed by atoms with E-state index in [-0.39, 0.29) is 50.3 Å². The average Bonchev–Trinajstić information content (AvgIpc) is 2.67. The summed E-state index contributed by atoms with van der Waals surface area (Å²) in [6, 6.07) is 3.72. The van der Waals surface area contributed by atoms with Gasteiger partial charge in [-0.15, -0.1) is 5.92 Å². The standard InChI is InChI=1S/C24H28F3NO3/c1-5-8-18-13-15(2)21(16(3)14-18)22-19(29)9-6-11-28(12-7-10-20(22)30)23(31)17(4)24(25,26)27/h13-14,17,22H,6-7,9-12H2,1-4H3. The number of carbonyl (C=O) groups is 3. The average molecular weight is 435 g/mol. The molecule has 1 amide bonds. The number of nitrogens with zero attached hydrogens (tertiary/aromatic N) is 1. The van der Waals surface area contributed by atoms with Crippen molar-refractivity contribution in [3.63, 3.8) is 0 Å². The number of halogens is 3. The van der Waals surface area contributed by atoms with E-state index < -0.39 is 23.9 Å². The molecule has 0 bridgehead atoms. The van der Waals surface area contributed by atoms with Crippen molar-refractivity contribution in [2.75, 3.05) is 13.1 Å². The lowest BCUT2D eigenvalue weighted by atomic mass is 9.81. The zero-order valence-corrected chi connectivity index (χ0v) is 18.4. The quantitative estimate of drug-likeness (QED) is 0.508. The summed E-state index contributed by atoms with van der Waals surface area (Å²) in [7, 11) is 0. The molecule has 1 aromatic rings. The molecule has 1 aliphatic heterocycles. The molecule has 1 unspecified atom stereocenters. The van der Waals surface area contributed by atoms with Gasteiger partial charge in [-0.2, -0.15) is 13.2 Å². The number of alkyl halides is 3. The molecule has 0 aliphatic carbocycles. The molecule has 4 nitrogen and oxygen atoms in total. The second kappa shape index (κ2) is 10.1. The number of hydrogen-bond donors (Lipinski definition) is 0. The highest BCUT2D eigenvalue weighted by atomic mass is 19.4. The van der Waals surface area contributed by atoms with E-state index in [0.29, 0.717) is 5.56 Å². The summed E-state index contributed by atoms with van der Waals surface area (Å²) in [6.45, 7) is 6.40. The Balaban J connectivity index is 2.26. The van der Waals surface area contributed by atoms with E-state index in [1.54, 1.807) is 6.92 Å². The van der Waals surface area contributed by atoms with Crippen LogP contribution in [0.5, 0.6) is 0 Å². The number of hydrogen-bond acceptors (Lipinski definition) is 3. The van der Waals surface area contributed by atoms with Crippen LogP contribution in [0.15, 0.2) is 12.1 Å². The summed E-state index contributed by atoms with van der Waals surface area (Å²) >= 11 is 0. The van der Waals surface area contributed by atoms with Gasteiger partial charge in [-0.1, -0.05) is 5.92 Å². The number of ketones is 2. The van der Waals surface area contributed by atoms with Crippen molar-refractivity contribution in [2.24, 2.45) is 5.92 Å². The molecule has 0 radical (unpaired) electrons. The summed E-state index contributed by atoms with van der Waals surface area (Å²) < 4.78 is 38.8. The third kappa shape index (κ3) is 5.96. The Morgan fingerprint density at radius 3 is 1.97 bits per heavy atom. The third-order valence-electron chi connectivity index (χ3n) is 5.67. The number of aryl methyl sites for hydroxylation is 2. The molecule has 7 heteroatoms. The van der Waals surface area contributed by atoms with Gasteiger partial charge in [-0.3, -0.25) is 14.4 Å². The van der Waals surface area contributed by atoms with Gasteiger partial charge in [0.2, 0.25) is 5.91 Å². The number of Topliss-reactive ketones (excluding diaryl/α,β-unsaturated/α-hetero) is 2. The van der Waals surface area contributed by atoms with Gasteiger partial charge in [-0.05, 0) is 69.4 Å². The predicted molar refractivity (Wildman–Crippen MR) is 111 cm³/mol. The van der Waals surface area contributed by atoms with Crippen molar-refractivity contribution in [1.82, 2.24) is 4.90 Å². The first-order valence-electron chi connectivity index (χ1n) is 10.4. The highest BCUT2D eigenvalue weighted by Crippen LogP contribution is 2.31. The van der Waals surface area contributed by atoms with Crippen LogP contribution in [0, 0.1) is 31.6 Å². The van der Waals surface area contributed by atoms with Gasteiger partial charge >= 0.3 is 6.18 Å². The largest absolute Gasteiger partial charge is 0.400 e. The molecule has 1 aliphatic rings. The van der Waals surface area contributed by atoms with Gasteiger partial charge in [0, 0.05) is 31.5 Å². The van der Waals surface area contributed by atoms with E-state index in [4.69, 9.17) is 0 Å². The van der Waals surface area contributed by atoms with Crippen LogP contribution in [0.2, 0.25) is 0 Å². The number of carbonyl (C=O) groups excluding carboxylic acids is 3. The van der Waals surface area contributed by atoms with Crippen molar-refractivity contribution < 1.29 is 27.6 Å². The fourth-order valence-corrected chi connectivity index (χ4v) is 4.07. The number of benzene rings is 1. The molecule has 0 spiro atoms. The van der Waals surface area contributed by atoms with Gasteiger partial charge in [0.05, 0.1) is 0 Å². The van der Waals surface area contributed by atoms with Gasteiger partial charge in [-0.25, -0.2) is 0 Å². The Labute approximate surface area is 181 Å². The summed E-state index contributed by atoms with van der Waals surface area (Å²) in [5.74, 6) is 1.29. The molecule has 31 heavy (non-hydrogen) atoms. The van der Waals surface area contributed by atoms with Crippen molar-refractivity contribution in [3.05, 3.63) is 34.4 Å². The van der Waals surface area contributed by atoms with Crippen molar-refractivity contribution in [3.8, 4) is 11.8 Å². The van der Waals surface area contributed by atoms with Gasteiger partial charge in [0.25, 0.3) is 0 Å². The van der Waals surface area contributed by atoms with E-state index in [9.17, 15) is 27.6 Å². The monoisotopic (exact) mass is 435 g/mol. The fraction of sp³-hybridized carbons (Fsp3) is 0.542. The molecule has 0 saturated carbocycles. The predicted octanol–water partition coefficient (Wildman–Crippen LogP) is 4.50. The van der Waals surface area contributed by atoms with Crippen molar-refractivity contribution in [1.29, 1.82) is 0 Å². The van der Waals surface area contributed by atoms with Crippen LogP contribution >= 0.6 is 0 Å². The zero-order valence-electron chi connectivity index (χ0n) is 18.4. The molecule has 0 N–H and O–H groups in total. The van der Waals surface area contributed by atoms with Crippen LogP contribution in [0.4, 0.5) is 13.2 Å². The lowest BCUT2D eigenvalue weighted by Gasteiger charge is -2.28. The van der Waals surface area contributed by atoms with E-state index in [0.717, 1.165) is 28.5 Å². The molecule has 0 aromatic heterocycles. The smallest absolute Gasteiger partial charge is 0.342 e. The Morgan fingerprint density at radius 2 is 1.55 bits per heavy atom. The minimum absolute atomic E-state index is 0.0238. The Hall–Kier alpha value is -2.62. The van der Waals surface area contributed by atoms with Gasteiger partial charge < -0.3 is 4.90 Å². The molecule has 1 atom stereocenters.